The van der Waals surface area contributed by atoms with Crippen LogP contribution in [0.25, 0.3) is 11.2 Å². The zero-order valence-corrected chi connectivity index (χ0v) is 17.3. The fourth-order valence-electron chi connectivity index (χ4n) is 3.73. The number of aromatic nitrogens is 4. The number of hydrogen-bond acceptors (Lipinski definition) is 5. The first-order chi connectivity index (χ1) is 13.4. The van der Waals surface area contributed by atoms with Crippen LogP contribution in [-0.4, -0.2) is 44.1 Å². The summed E-state index contributed by atoms with van der Waals surface area (Å²) in [6, 6.07) is -0.123. The largest absolute Gasteiger partial charge is 0.342 e. The van der Waals surface area contributed by atoms with Crippen molar-refractivity contribution in [1.82, 2.24) is 19.1 Å². The second-order valence-corrected chi connectivity index (χ2v) is 7.40. The first-order valence-electron chi connectivity index (χ1n) is 9.78. The van der Waals surface area contributed by atoms with Crippen molar-refractivity contribution in [1.29, 1.82) is 0 Å². The first-order valence-corrected chi connectivity index (χ1v) is 9.78. The zero-order valence-electron chi connectivity index (χ0n) is 17.3. The molecule has 0 bridgehead atoms. The van der Waals surface area contributed by atoms with Crippen molar-refractivity contribution in [2.45, 2.75) is 59.5 Å². The van der Waals surface area contributed by atoms with Crippen LogP contribution in [0, 0.1) is 11.8 Å². The fraction of sp³-hybridized carbons (Fsp3) is 0.600. The van der Waals surface area contributed by atoms with E-state index in [-0.39, 0.29) is 17.5 Å². The van der Waals surface area contributed by atoms with Crippen LogP contribution in [0.5, 0.6) is 0 Å². The van der Waals surface area contributed by atoms with E-state index < -0.39 is 0 Å². The van der Waals surface area contributed by atoms with Gasteiger partial charge in [0.1, 0.15) is 0 Å². The Bertz CT molecular complexity index is 1000. The summed E-state index contributed by atoms with van der Waals surface area (Å²) in [6.07, 6.45) is 3.41. The molecule has 0 radical (unpaired) electrons. The van der Waals surface area contributed by atoms with Crippen LogP contribution in [0.2, 0.25) is 0 Å². The molecule has 1 aliphatic rings. The van der Waals surface area contributed by atoms with Gasteiger partial charge in [-0.2, -0.15) is 9.97 Å². The molecule has 150 valence electrons. The summed E-state index contributed by atoms with van der Waals surface area (Å²) in [5, 5.41) is 0. The van der Waals surface area contributed by atoms with Crippen molar-refractivity contribution in [2.24, 2.45) is 7.05 Å². The average Bonchev–Trinajstić information content (AvgIpc) is 3.02. The molecule has 1 fully saturated rings. The lowest BCUT2D eigenvalue weighted by atomic mass is 10.1. The lowest BCUT2D eigenvalue weighted by molar-refractivity contribution is -0.117. The summed E-state index contributed by atoms with van der Waals surface area (Å²) in [6.45, 7) is 9.24. The van der Waals surface area contributed by atoms with Gasteiger partial charge < -0.3 is 4.90 Å². The van der Waals surface area contributed by atoms with E-state index in [1.54, 1.807) is 14.0 Å². The third-order valence-electron chi connectivity index (χ3n) is 5.07. The van der Waals surface area contributed by atoms with Crippen LogP contribution in [0.3, 0.4) is 0 Å². The molecule has 3 rings (SSSR count). The van der Waals surface area contributed by atoms with Crippen LogP contribution in [-0.2, 0) is 18.4 Å². The van der Waals surface area contributed by atoms with Crippen molar-refractivity contribution in [2.75, 3.05) is 22.9 Å². The quantitative estimate of drug-likeness (QED) is 0.753. The highest BCUT2D eigenvalue weighted by Crippen LogP contribution is 2.24. The number of carbonyl (C=O) groups is 1. The molecule has 0 aromatic carbocycles. The predicted molar refractivity (Wildman–Crippen MR) is 111 cm³/mol. The molecule has 8 heteroatoms. The molecule has 3 heterocycles. The molecule has 28 heavy (non-hydrogen) atoms. The van der Waals surface area contributed by atoms with Crippen LogP contribution in [0.1, 0.15) is 47.0 Å². The van der Waals surface area contributed by atoms with Crippen molar-refractivity contribution in [3.63, 3.8) is 0 Å². The molecule has 0 atom stereocenters. The molecule has 1 amide bonds. The Morgan fingerprint density at radius 3 is 2.46 bits per heavy atom. The van der Waals surface area contributed by atoms with Crippen molar-refractivity contribution in [3.8, 4) is 11.8 Å². The molecular formula is C20H28N6O2. The van der Waals surface area contributed by atoms with Gasteiger partial charge in [-0.1, -0.05) is 5.92 Å². The second-order valence-electron chi connectivity index (χ2n) is 7.40. The lowest BCUT2D eigenvalue weighted by Crippen LogP contribution is -2.40. The third kappa shape index (κ3) is 3.49. The molecule has 1 saturated heterocycles. The smallest absolute Gasteiger partial charge is 0.281 e. The fourth-order valence-corrected chi connectivity index (χ4v) is 3.73. The van der Waals surface area contributed by atoms with Gasteiger partial charge in [0.05, 0.1) is 6.54 Å². The number of rotatable bonds is 4. The molecule has 0 N–H and O–H groups in total. The number of imidazole rings is 1. The number of fused-ring (bicyclic) bond motifs is 1. The number of anilines is 2. The highest BCUT2D eigenvalue weighted by atomic mass is 16.2. The van der Waals surface area contributed by atoms with Crippen LogP contribution < -0.4 is 15.4 Å². The second kappa shape index (κ2) is 8.05. The van der Waals surface area contributed by atoms with Gasteiger partial charge in [-0.3, -0.25) is 23.6 Å². The molecular weight excluding hydrogens is 356 g/mol. The zero-order chi connectivity index (χ0) is 20.4. The maximum absolute atomic E-state index is 13.2. The molecule has 2 aromatic rings. The highest BCUT2D eigenvalue weighted by molar-refractivity contribution is 5.91. The number of nitrogens with zero attached hydrogens (tertiary/aromatic N) is 6. The van der Waals surface area contributed by atoms with E-state index >= 15 is 0 Å². The highest BCUT2D eigenvalue weighted by Gasteiger charge is 2.26. The average molecular weight is 384 g/mol. The molecule has 0 aliphatic carbocycles. The predicted octanol–water partition coefficient (Wildman–Crippen LogP) is 1.90. The summed E-state index contributed by atoms with van der Waals surface area (Å²) in [5.74, 6) is 6.83. The van der Waals surface area contributed by atoms with Crippen molar-refractivity contribution < 1.29 is 4.79 Å². The van der Waals surface area contributed by atoms with E-state index in [9.17, 15) is 9.59 Å². The summed E-state index contributed by atoms with van der Waals surface area (Å²) < 4.78 is 3.30. The van der Waals surface area contributed by atoms with Crippen LogP contribution in [0.4, 0.5) is 11.9 Å². The summed E-state index contributed by atoms with van der Waals surface area (Å²) in [7, 11) is 1.64. The molecule has 1 aliphatic heterocycles. The van der Waals surface area contributed by atoms with Gasteiger partial charge in [0, 0.05) is 33.1 Å². The van der Waals surface area contributed by atoms with Crippen LogP contribution >= 0.6 is 0 Å². The Hall–Kier alpha value is -2.82. The minimum atomic E-state index is -0.222. The van der Waals surface area contributed by atoms with Crippen molar-refractivity contribution >= 4 is 29.0 Å². The third-order valence-corrected chi connectivity index (χ3v) is 5.07. The summed E-state index contributed by atoms with van der Waals surface area (Å²) >= 11 is 0. The maximum atomic E-state index is 13.2. The number of carbonyl (C=O) groups excluding carboxylic acids is 1. The Morgan fingerprint density at radius 2 is 1.89 bits per heavy atom. The first kappa shape index (κ1) is 19.9. The van der Waals surface area contributed by atoms with Gasteiger partial charge in [-0.25, -0.2) is 0 Å². The minimum Gasteiger partial charge on any atom is -0.342 e. The number of amides is 1. The molecule has 0 spiro atoms. The monoisotopic (exact) mass is 384 g/mol. The Kier molecular flexibility index (Phi) is 5.73. The normalized spacial score (nSPS) is 14.3. The Labute approximate surface area is 165 Å². The Morgan fingerprint density at radius 1 is 1.21 bits per heavy atom. The van der Waals surface area contributed by atoms with E-state index in [1.807, 2.05) is 18.4 Å². The van der Waals surface area contributed by atoms with Gasteiger partial charge in [0.2, 0.25) is 17.8 Å². The van der Waals surface area contributed by atoms with Gasteiger partial charge in [0.15, 0.2) is 11.2 Å². The Balaban J connectivity index is 2.25. The summed E-state index contributed by atoms with van der Waals surface area (Å²) in [4.78, 5) is 38.5. The lowest BCUT2D eigenvalue weighted by Gasteiger charge is -2.27. The van der Waals surface area contributed by atoms with Gasteiger partial charge in [0.25, 0.3) is 5.56 Å². The van der Waals surface area contributed by atoms with E-state index in [1.165, 1.54) is 22.8 Å². The molecule has 2 aromatic heterocycles. The van der Waals surface area contributed by atoms with Crippen LogP contribution in [0.15, 0.2) is 4.79 Å². The van der Waals surface area contributed by atoms with Crippen molar-refractivity contribution in [3.05, 3.63) is 10.4 Å². The van der Waals surface area contributed by atoms with Gasteiger partial charge in [-0.05, 0) is 40.0 Å². The minimum absolute atomic E-state index is 0.123. The van der Waals surface area contributed by atoms with E-state index in [0.29, 0.717) is 23.7 Å². The molecule has 0 saturated carbocycles. The summed E-state index contributed by atoms with van der Waals surface area (Å²) in [5.41, 5.74) is 0.575. The SMILES string of the molecule is CC#CCn1c(N2CCCCC2)nc2nc(N(C(C)=O)C(C)C)n(C)c(=O)c21. The topological polar surface area (TPSA) is 76.3 Å². The van der Waals surface area contributed by atoms with Gasteiger partial charge in [-0.15, -0.1) is 5.92 Å². The van der Waals surface area contributed by atoms with E-state index in [2.05, 4.69) is 21.7 Å². The number of hydrogen-bond donors (Lipinski definition) is 0. The van der Waals surface area contributed by atoms with Gasteiger partial charge >= 0.3 is 0 Å². The van der Waals surface area contributed by atoms with E-state index in [4.69, 9.17) is 4.98 Å². The van der Waals surface area contributed by atoms with E-state index in [0.717, 1.165) is 31.9 Å². The molecule has 8 nitrogen and oxygen atoms in total. The maximum Gasteiger partial charge on any atom is 0.281 e. The number of piperidine rings is 1. The molecule has 0 unspecified atom stereocenters. The standard InChI is InChI=1S/C20H28N6O2/c1-6-7-13-25-16-17(22-20(25)24-11-9-8-10-12-24)21-19(23(5)18(16)28)26(14(2)3)15(4)27/h14H,8-13H2,1-5H3.